The number of hydroxylamine groups is 2. The van der Waals surface area contributed by atoms with Crippen molar-refractivity contribution in [3.05, 3.63) is 46.5 Å². The van der Waals surface area contributed by atoms with E-state index in [4.69, 9.17) is 0 Å². The SMILES string of the molecule is C/C=C/C(C)(C)N(O)C(=O)c1c(C)cc(C)cc1C. The largest absolute Gasteiger partial charge is 0.285 e. The molecule has 0 aliphatic rings. The number of amides is 1. The van der Waals surface area contributed by atoms with Gasteiger partial charge in [0, 0.05) is 5.56 Å². The minimum absolute atomic E-state index is 0.363. The number of carbonyl (C=O) groups excluding carboxylic acids is 1. The van der Waals surface area contributed by atoms with Crippen molar-refractivity contribution < 1.29 is 10.0 Å². The van der Waals surface area contributed by atoms with Crippen molar-refractivity contribution in [2.75, 3.05) is 0 Å². The van der Waals surface area contributed by atoms with Crippen molar-refractivity contribution in [2.24, 2.45) is 0 Å². The molecule has 3 nitrogen and oxygen atoms in total. The first-order valence-corrected chi connectivity index (χ1v) is 6.46. The summed E-state index contributed by atoms with van der Waals surface area (Å²) in [6.07, 6.45) is 3.62. The fraction of sp³-hybridized carbons (Fsp3) is 0.438. The van der Waals surface area contributed by atoms with E-state index in [1.165, 1.54) is 0 Å². The van der Waals surface area contributed by atoms with E-state index in [-0.39, 0.29) is 5.91 Å². The minimum atomic E-state index is -0.727. The van der Waals surface area contributed by atoms with Gasteiger partial charge in [-0.1, -0.05) is 29.8 Å². The molecule has 104 valence electrons. The van der Waals surface area contributed by atoms with E-state index in [9.17, 15) is 10.0 Å². The van der Waals surface area contributed by atoms with Gasteiger partial charge in [-0.3, -0.25) is 10.0 Å². The molecule has 0 spiro atoms. The zero-order valence-electron chi connectivity index (χ0n) is 12.6. The molecule has 0 atom stereocenters. The Kier molecular flexibility index (Phi) is 4.53. The summed E-state index contributed by atoms with van der Waals surface area (Å²) >= 11 is 0. The van der Waals surface area contributed by atoms with Crippen LogP contribution in [0.25, 0.3) is 0 Å². The quantitative estimate of drug-likeness (QED) is 0.511. The van der Waals surface area contributed by atoms with E-state index < -0.39 is 5.54 Å². The summed E-state index contributed by atoms with van der Waals surface area (Å²) in [6, 6.07) is 3.91. The number of aryl methyl sites for hydroxylation is 3. The normalized spacial score (nSPS) is 11.9. The lowest BCUT2D eigenvalue weighted by molar-refractivity contribution is -0.105. The highest BCUT2D eigenvalue weighted by atomic mass is 16.5. The molecule has 1 aromatic rings. The highest BCUT2D eigenvalue weighted by molar-refractivity contribution is 5.97. The van der Waals surface area contributed by atoms with Crippen LogP contribution in [0.1, 0.15) is 47.8 Å². The second-order valence-electron chi connectivity index (χ2n) is 5.54. The van der Waals surface area contributed by atoms with Crippen LogP contribution in [0.4, 0.5) is 0 Å². The van der Waals surface area contributed by atoms with Gasteiger partial charge in [-0.05, 0) is 52.7 Å². The summed E-state index contributed by atoms with van der Waals surface area (Å²) < 4.78 is 0. The summed E-state index contributed by atoms with van der Waals surface area (Å²) in [6.45, 7) is 11.2. The zero-order chi connectivity index (χ0) is 14.8. The van der Waals surface area contributed by atoms with Crippen molar-refractivity contribution in [3.63, 3.8) is 0 Å². The van der Waals surface area contributed by atoms with Gasteiger partial charge in [0.05, 0.1) is 5.54 Å². The third kappa shape index (κ3) is 3.24. The molecule has 3 heteroatoms. The topological polar surface area (TPSA) is 40.5 Å². The van der Waals surface area contributed by atoms with E-state index in [1.54, 1.807) is 19.9 Å². The molecule has 1 rings (SSSR count). The molecule has 0 bridgehead atoms. The van der Waals surface area contributed by atoms with Crippen molar-refractivity contribution in [3.8, 4) is 0 Å². The third-order valence-corrected chi connectivity index (χ3v) is 3.20. The minimum Gasteiger partial charge on any atom is -0.285 e. The molecule has 0 radical (unpaired) electrons. The van der Waals surface area contributed by atoms with Gasteiger partial charge in [0.1, 0.15) is 0 Å². The van der Waals surface area contributed by atoms with E-state index >= 15 is 0 Å². The van der Waals surface area contributed by atoms with Crippen molar-refractivity contribution in [1.82, 2.24) is 5.06 Å². The van der Waals surface area contributed by atoms with Crippen LogP contribution in [0, 0.1) is 20.8 Å². The van der Waals surface area contributed by atoms with Gasteiger partial charge in [0.25, 0.3) is 5.91 Å². The monoisotopic (exact) mass is 261 g/mol. The number of benzene rings is 1. The molecule has 0 aliphatic heterocycles. The summed E-state index contributed by atoms with van der Waals surface area (Å²) in [5.74, 6) is -0.363. The fourth-order valence-electron chi connectivity index (χ4n) is 2.36. The van der Waals surface area contributed by atoms with Crippen LogP contribution in [-0.2, 0) is 0 Å². The molecule has 0 unspecified atom stereocenters. The summed E-state index contributed by atoms with van der Waals surface area (Å²) in [5.41, 5.74) is 2.74. The number of hydrogen-bond acceptors (Lipinski definition) is 2. The van der Waals surface area contributed by atoms with E-state index in [0.29, 0.717) is 5.56 Å². The van der Waals surface area contributed by atoms with Crippen LogP contribution >= 0.6 is 0 Å². The van der Waals surface area contributed by atoms with Crippen LogP contribution in [0.15, 0.2) is 24.3 Å². The molecule has 1 amide bonds. The maximum absolute atomic E-state index is 12.5. The lowest BCUT2D eigenvalue weighted by Crippen LogP contribution is -2.44. The van der Waals surface area contributed by atoms with Gasteiger partial charge in [0.15, 0.2) is 0 Å². The van der Waals surface area contributed by atoms with Crippen LogP contribution in [0.2, 0.25) is 0 Å². The molecule has 0 heterocycles. The Morgan fingerprint density at radius 2 is 1.68 bits per heavy atom. The fourth-order valence-corrected chi connectivity index (χ4v) is 2.36. The van der Waals surface area contributed by atoms with Gasteiger partial charge < -0.3 is 0 Å². The number of allylic oxidation sites excluding steroid dienone is 1. The van der Waals surface area contributed by atoms with Crippen molar-refractivity contribution in [1.29, 1.82) is 0 Å². The predicted octanol–water partition coefficient (Wildman–Crippen LogP) is 3.80. The van der Waals surface area contributed by atoms with E-state index in [0.717, 1.165) is 21.8 Å². The Morgan fingerprint density at radius 3 is 2.11 bits per heavy atom. The average molecular weight is 261 g/mol. The van der Waals surface area contributed by atoms with Gasteiger partial charge in [0.2, 0.25) is 0 Å². The smallest absolute Gasteiger partial charge is 0.278 e. The first-order chi connectivity index (χ1) is 8.70. The first kappa shape index (κ1) is 15.4. The Hall–Kier alpha value is -1.61. The maximum atomic E-state index is 12.5. The lowest BCUT2D eigenvalue weighted by Gasteiger charge is -2.31. The third-order valence-electron chi connectivity index (χ3n) is 3.20. The first-order valence-electron chi connectivity index (χ1n) is 6.46. The maximum Gasteiger partial charge on any atom is 0.278 e. The molecule has 0 aromatic heterocycles. The zero-order valence-corrected chi connectivity index (χ0v) is 12.6. The summed E-state index contributed by atoms with van der Waals surface area (Å²) in [4.78, 5) is 12.5. The van der Waals surface area contributed by atoms with Crippen LogP contribution < -0.4 is 0 Å². The second-order valence-corrected chi connectivity index (χ2v) is 5.54. The second kappa shape index (κ2) is 5.57. The molecule has 0 saturated heterocycles. The molecule has 0 aliphatic carbocycles. The van der Waals surface area contributed by atoms with E-state index in [2.05, 4.69) is 0 Å². The molecule has 1 N–H and O–H groups in total. The summed E-state index contributed by atoms with van der Waals surface area (Å²) in [7, 11) is 0. The predicted molar refractivity (Wildman–Crippen MR) is 77.5 cm³/mol. The number of nitrogens with zero attached hydrogens (tertiary/aromatic N) is 1. The van der Waals surface area contributed by atoms with Crippen LogP contribution in [-0.4, -0.2) is 21.7 Å². The van der Waals surface area contributed by atoms with Gasteiger partial charge in [-0.15, -0.1) is 0 Å². The Labute approximate surface area is 115 Å². The standard InChI is InChI=1S/C16H23NO2/c1-7-8-16(5,6)17(19)15(18)14-12(3)9-11(2)10-13(14)4/h7-10,19H,1-6H3/b8-7+. The van der Waals surface area contributed by atoms with E-state index in [1.807, 2.05) is 45.9 Å². The Balaban J connectivity index is 3.22. The van der Waals surface area contributed by atoms with Crippen LogP contribution in [0.5, 0.6) is 0 Å². The Morgan fingerprint density at radius 1 is 1.21 bits per heavy atom. The number of carbonyl (C=O) groups is 1. The molecular weight excluding hydrogens is 238 g/mol. The van der Waals surface area contributed by atoms with Crippen molar-refractivity contribution >= 4 is 5.91 Å². The van der Waals surface area contributed by atoms with Gasteiger partial charge >= 0.3 is 0 Å². The van der Waals surface area contributed by atoms with Crippen LogP contribution in [0.3, 0.4) is 0 Å². The highest BCUT2D eigenvalue weighted by Crippen LogP contribution is 2.22. The molecular formula is C16H23NO2. The van der Waals surface area contributed by atoms with Gasteiger partial charge in [-0.25, -0.2) is 5.06 Å². The van der Waals surface area contributed by atoms with Gasteiger partial charge in [-0.2, -0.15) is 0 Å². The molecule has 19 heavy (non-hydrogen) atoms. The lowest BCUT2D eigenvalue weighted by atomic mass is 9.97. The molecule has 0 saturated carbocycles. The molecule has 1 aromatic carbocycles. The number of hydrogen-bond donors (Lipinski definition) is 1. The highest BCUT2D eigenvalue weighted by Gasteiger charge is 2.29. The number of rotatable bonds is 3. The average Bonchev–Trinajstić information content (AvgIpc) is 2.26. The van der Waals surface area contributed by atoms with Crippen molar-refractivity contribution in [2.45, 2.75) is 47.1 Å². The molecule has 0 fully saturated rings. The Bertz CT molecular complexity index is 492. The summed E-state index contributed by atoms with van der Waals surface area (Å²) in [5, 5.41) is 11.0.